The molecule has 0 rings (SSSR count). The lowest BCUT2D eigenvalue weighted by Crippen LogP contribution is -2.64. The van der Waals surface area contributed by atoms with Gasteiger partial charge in [0.15, 0.2) is 0 Å². The SMILES string of the molecule is FC(F)=C(F)F.FC(F)=C(F)F.O=S(=O)(O)C(F)(F)C(F)(F)OC(F)(C(F)(F)F)C(F)(F)OC(F)=C(F)F.O=S(=O)(O)C(F)(F)C(F)(F)OC(F)(C(F)(F)F)C(F)(F)OC(F)=C(F)F. The Morgan fingerprint density at radius 3 is 0.594 bits per heavy atom. The first-order valence-corrected chi connectivity index (χ1v) is 14.9. The van der Waals surface area contributed by atoms with Gasteiger partial charge in [0.1, 0.15) is 0 Å². The van der Waals surface area contributed by atoms with E-state index in [-0.39, 0.29) is 0 Å². The number of rotatable bonds is 14. The van der Waals surface area contributed by atoms with E-state index >= 15 is 0 Å². The summed E-state index contributed by atoms with van der Waals surface area (Å²) in [6.07, 6.45) is -63.8. The number of ether oxygens (including phenoxy) is 4. The largest absolute Gasteiger partial charge is 0.471 e. The van der Waals surface area contributed by atoms with Crippen LogP contribution in [-0.2, 0) is 39.2 Å². The van der Waals surface area contributed by atoms with Crippen LogP contribution >= 0.6 is 0 Å². The molecular formula is C18H2F34O10S2. The van der Waals surface area contributed by atoms with Gasteiger partial charge in [-0.1, -0.05) is 0 Å². The van der Waals surface area contributed by atoms with Gasteiger partial charge in [-0.3, -0.25) is 18.6 Å². The second-order valence-electron chi connectivity index (χ2n) is 8.75. The molecule has 0 radical (unpaired) electrons. The molecule has 0 heterocycles. The Bertz CT molecular complexity index is 1750. The first kappa shape index (κ1) is 66.5. The summed E-state index contributed by atoms with van der Waals surface area (Å²) in [7, 11) is -14.8. The maximum atomic E-state index is 13.4. The molecule has 0 bridgehead atoms. The molecule has 0 amide bonds. The van der Waals surface area contributed by atoms with Crippen molar-refractivity contribution >= 4 is 20.2 Å². The molecule has 384 valence electrons. The predicted molar refractivity (Wildman–Crippen MR) is 121 cm³/mol. The highest BCUT2D eigenvalue weighted by molar-refractivity contribution is 7.87. The minimum absolute atomic E-state index is 1.50. The summed E-state index contributed by atoms with van der Waals surface area (Å²) >= 11 is 0. The highest BCUT2D eigenvalue weighted by Crippen LogP contribution is 2.55. The van der Waals surface area contributed by atoms with Crippen molar-refractivity contribution in [2.24, 2.45) is 0 Å². The molecule has 0 saturated carbocycles. The van der Waals surface area contributed by atoms with Crippen LogP contribution in [0.4, 0.5) is 149 Å². The monoisotopic (exact) mass is 1090 g/mol. The first-order valence-electron chi connectivity index (χ1n) is 12.0. The zero-order chi connectivity index (χ0) is 53.4. The molecule has 46 heteroatoms. The zero-order valence-corrected chi connectivity index (χ0v) is 28.5. The fourth-order valence-electron chi connectivity index (χ4n) is 1.77. The number of alkyl halides is 20. The molecule has 0 aromatic rings. The molecule has 0 fully saturated rings. The highest BCUT2D eigenvalue weighted by Gasteiger charge is 2.84. The van der Waals surface area contributed by atoms with Gasteiger partial charge in [0.05, 0.1) is 0 Å². The van der Waals surface area contributed by atoms with Crippen molar-refractivity contribution in [3.05, 3.63) is 48.5 Å². The average Bonchev–Trinajstić information content (AvgIpc) is 3.02. The van der Waals surface area contributed by atoms with Crippen LogP contribution in [0.1, 0.15) is 0 Å². The Labute approximate surface area is 323 Å². The summed E-state index contributed by atoms with van der Waals surface area (Å²) in [6.45, 7) is 0. The summed E-state index contributed by atoms with van der Waals surface area (Å²) in [5.74, 6) is -15.0. The van der Waals surface area contributed by atoms with E-state index in [1.165, 1.54) is 9.47 Å². The lowest BCUT2D eigenvalue weighted by Gasteiger charge is -2.36. The van der Waals surface area contributed by atoms with Gasteiger partial charge in [-0.15, -0.1) is 0 Å². The van der Waals surface area contributed by atoms with E-state index in [0.717, 1.165) is 0 Å². The first-order chi connectivity index (χ1) is 27.4. The smallest absolute Gasteiger partial charge is 0.398 e. The third-order valence-corrected chi connectivity index (χ3v) is 6.13. The molecule has 2 N–H and O–H groups in total. The molecular weight excluding hydrogens is 1090 g/mol. The third-order valence-electron chi connectivity index (χ3n) is 4.36. The van der Waals surface area contributed by atoms with Gasteiger partial charge in [-0.2, -0.15) is 166 Å². The average molecular weight is 1090 g/mol. The van der Waals surface area contributed by atoms with Gasteiger partial charge in [0.2, 0.25) is 0 Å². The number of halogens is 34. The standard InChI is InChI=1S/2C7HF13O5S.2C2F4/c2*8-1(9)2(10)24-5(15,16)3(11,4(12,13)14)25-6(17,18)7(19,20)26(21,22)23;2*3-1(4)2(5)6/h2*(H,21,22,23);;. The van der Waals surface area contributed by atoms with Crippen LogP contribution < -0.4 is 0 Å². The molecule has 0 saturated heterocycles. The summed E-state index contributed by atoms with van der Waals surface area (Å²) in [5, 5.41) is -14.3. The van der Waals surface area contributed by atoms with Crippen molar-refractivity contribution in [2.75, 3.05) is 0 Å². The Balaban J connectivity index is -0.000000446. The van der Waals surface area contributed by atoms with Crippen molar-refractivity contribution in [1.29, 1.82) is 0 Å². The zero-order valence-electron chi connectivity index (χ0n) is 26.8. The quantitative estimate of drug-likeness (QED) is 0.0979. The van der Waals surface area contributed by atoms with E-state index < -0.39 is 128 Å². The van der Waals surface area contributed by atoms with E-state index in [0.29, 0.717) is 0 Å². The van der Waals surface area contributed by atoms with Crippen LogP contribution in [0.5, 0.6) is 0 Å². The van der Waals surface area contributed by atoms with E-state index in [4.69, 9.17) is 9.11 Å². The Morgan fingerprint density at radius 2 is 0.484 bits per heavy atom. The Hall–Kier alpha value is -4.08. The molecule has 2 atom stereocenters. The lowest BCUT2D eigenvalue weighted by molar-refractivity contribution is -0.510. The van der Waals surface area contributed by atoms with Gasteiger partial charge >= 0.3 is 128 Å². The van der Waals surface area contributed by atoms with Gasteiger partial charge in [0.25, 0.3) is 0 Å². The van der Waals surface area contributed by atoms with Crippen LogP contribution in [0.3, 0.4) is 0 Å². The third kappa shape index (κ3) is 16.7. The van der Waals surface area contributed by atoms with Crippen molar-refractivity contribution in [3.63, 3.8) is 0 Å². The molecule has 2 unspecified atom stereocenters. The topological polar surface area (TPSA) is 146 Å². The molecule has 10 nitrogen and oxygen atoms in total. The van der Waals surface area contributed by atoms with Crippen LogP contribution in [0, 0.1) is 0 Å². The van der Waals surface area contributed by atoms with Gasteiger partial charge < -0.3 is 9.47 Å². The van der Waals surface area contributed by atoms with Gasteiger partial charge in [-0.25, -0.2) is 0 Å². The van der Waals surface area contributed by atoms with Crippen LogP contribution in [-0.4, -0.2) is 84.9 Å². The summed E-state index contributed by atoms with van der Waals surface area (Å²) in [6, 6.07) is -7.90. The van der Waals surface area contributed by atoms with E-state index in [1.807, 2.05) is 9.47 Å². The van der Waals surface area contributed by atoms with E-state index in [1.54, 1.807) is 0 Å². The molecule has 64 heavy (non-hydrogen) atoms. The van der Waals surface area contributed by atoms with Crippen molar-refractivity contribution < 1.29 is 194 Å². The van der Waals surface area contributed by atoms with Gasteiger partial charge in [-0.05, 0) is 0 Å². The normalized spacial score (nSPS) is 15.2. The molecule has 0 aliphatic rings. The summed E-state index contributed by atoms with van der Waals surface area (Å²) in [4.78, 5) is 0. The lowest BCUT2D eigenvalue weighted by atomic mass is 10.2. The fourth-order valence-corrected chi connectivity index (χ4v) is 2.45. The van der Waals surface area contributed by atoms with Crippen molar-refractivity contribution in [1.82, 2.24) is 0 Å². The summed E-state index contributed by atoms with van der Waals surface area (Å²) < 4.78 is 470. The maximum absolute atomic E-state index is 13.4. The molecule has 0 aromatic carbocycles. The molecule has 0 aromatic heterocycles. The van der Waals surface area contributed by atoms with E-state index in [2.05, 4.69) is 0 Å². The van der Waals surface area contributed by atoms with E-state index in [9.17, 15) is 166 Å². The second kappa shape index (κ2) is 21.5. The maximum Gasteiger partial charge on any atom is 0.471 e. The Morgan fingerprint density at radius 1 is 0.312 bits per heavy atom. The van der Waals surface area contributed by atoms with Crippen LogP contribution in [0.2, 0.25) is 0 Å². The predicted octanol–water partition coefficient (Wildman–Crippen LogP) is 11.9. The number of hydrogen-bond acceptors (Lipinski definition) is 8. The Kier molecular flexibility index (Phi) is 22.3. The number of hydrogen-bond donors (Lipinski definition) is 2. The highest BCUT2D eigenvalue weighted by atomic mass is 32.2. The van der Waals surface area contributed by atoms with Gasteiger partial charge in [0, 0.05) is 0 Å². The fraction of sp³-hybridized carbons (Fsp3) is 0.556. The minimum atomic E-state index is -7.53. The molecule has 0 aliphatic heterocycles. The summed E-state index contributed by atoms with van der Waals surface area (Å²) in [5.41, 5.74) is 0. The van der Waals surface area contributed by atoms with Crippen LogP contribution in [0.15, 0.2) is 48.5 Å². The molecule has 0 aliphatic carbocycles. The van der Waals surface area contributed by atoms with Crippen molar-refractivity contribution in [2.45, 2.75) is 59.0 Å². The van der Waals surface area contributed by atoms with Crippen molar-refractivity contribution in [3.8, 4) is 0 Å². The minimum Gasteiger partial charge on any atom is -0.398 e. The second-order valence-corrected chi connectivity index (χ2v) is 11.7. The molecule has 0 spiro atoms. The van der Waals surface area contributed by atoms with Crippen LogP contribution in [0.25, 0.3) is 0 Å².